The van der Waals surface area contributed by atoms with Gasteiger partial charge in [0.1, 0.15) is 0 Å². The highest BCUT2D eigenvalue weighted by Crippen LogP contribution is 2.31. The fraction of sp³-hybridized carbons (Fsp3) is 0.615. The zero-order valence-electron chi connectivity index (χ0n) is 11.3. The third-order valence-corrected chi connectivity index (χ3v) is 3.57. The van der Waals surface area contributed by atoms with Crippen LogP contribution in [0.3, 0.4) is 0 Å². The average Bonchev–Trinajstić information content (AvgIpc) is 2.86. The lowest BCUT2D eigenvalue weighted by molar-refractivity contribution is -0.120. The van der Waals surface area contributed by atoms with Crippen molar-refractivity contribution in [1.29, 1.82) is 0 Å². The van der Waals surface area contributed by atoms with Crippen molar-refractivity contribution in [3.8, 4) is 5.88 Å². The molecule has 1 aromatic rings. The Hall–Kier alpha value is -1.69. The number of nitrogens with one attached hydrogen (secondary N) is 1. The number of rotatable bonds is 4. The van der Waals surface area contributed by atoms with Gasteiger partial charge in [0.2, 0.25) is 17.7 Å². The zero-order chi connectivity index (χ0) is 13.8. The molecule has 0 bridgehead atoms. The maximum Gasteiger partial charge on any atom is 0.232 e. The molecule has 2 unspecified atom stereocenters. The third-order valence-electron chi connectivity index (χ3n) is 3.57. The fourth-order valence-corrected chi connectivity index (χ4v) is 2.57. The summed E-state index contributed by atoms with van der Waals surface area (Å²) >= 11 is 0. The van der Waals surface area contributed by atoms with Gasteiger partial charge in [0.15, 0.2) is 0 Å². The topological polar surface area (TPSA) is 90.1 Å². The van der Waals surface area contributed by atoms with Crippen LogP contribution in [0, 0.1) is 18.8 Å². The molecule has 2 rings (SSSR count). The molecule has 3 N–H and O–H groups in total. The van der Waals surface area contributed by atoms with E-state index in [1.54, 1.807) is 6.07 Å². The van der Waals surface area contributed by atoms with E-state index < -0.39 is 0 Å². The van der Waals surface area contributed by atoms with E-state index in [0.717, 1.165) is 25.0 Å². The molecule has 0 saturated heterocycles. The lowest BCUT2D eigenvalue weighted by Gasteiger charge is -2.16. The van der Waals surface area contributed by atoms with Crippen LogP contribution in [0.2, 0.25) is 0 Å². The number of carbonyl (C=O) groups excluding carboxylic acids is 1. The summed E-state index contributed by atoms with van der Waals surface area (Å²) < 4.78 is 5.06. The summed E-state index contributed by atoms with van der Waals surface area (Å²) in [6, 6.07) is 1.72. The van der Waals surface area contributed by atoms with Gasteiger partial charge in [0.05, 0.1) is 7.11 Å². The van der Waals surface area contributed by atoms with Crippen molar-refractivity contribution in [3.63, 3.8) is 0 Å². The van der Waals surface area contributed by atoms with Crippen LogP contribution in [0.1, 0.15) is 25.0 Å². The predicted octanol–water partition coefficient (Wildman–Crippen LogP) is 1.11. The van der Waals surface area contributed by atoms with Crippen LogP contribution < -0.4 is 15.8 Å². The number of hydrogen-bond acceptors (Lipinski definition) is 5. The van der Waals surface area contributed by atoms with Gasteiger partial charge in [-0.2, -0.15) is 4.98 Å². The molecule has 19 heavy (non-hydrogen) atoms. The summed E-state index contributed by atoms with van der Waals surface area (Å²) in [5, 5.41) is 2.77. The first-order chi connectivity index (χ1) is 9.13. The molecule has 1 saturated carbocycles. The number of ether oxygens (including phenoxy) is 1. The zero-order valence-corrected chi connectivity index (χ0v) is 11.3. The van der Waals surface area contributed by atoms with Crippen LogP contribution in [0.25, 0.3) is 0 Å². The Kier molecular flexibility index (Phi) is 4.31. The smallest absolute Gasteiger partial charge is 0.232 e. The maximum absolute atomic E-state index is 12.2. The van der Waals surface area contributed by atoms with Crippen molar-refractivity contribution < 1.29 is 9.53 Å². The number of amides is 1. The van der Waals surface area contributed by atoms with Gasteiger partial charge < -0.3 is 10.5 Å². The molecule has 0 radical (unpaired) electrons. The lowest BCUT2D eigenvalue weighted by atomic mass is 9.95. The van der Waals surface area contributed by atoms with Crippen molar-refractivity contribution in [3.05, 3.63) is 11.8 Å². The number of carbonyl (C=O) groups is 1. The predicted molar refractivity (Wildman–Crippen MR) is 71.8 cm³/mol. The number of anilines is 1. The van der Waals surface area contributed by atoms with Crippen molar-refractivity contribution in [2.45, 2.75) is 26.2 Å². The van der Waals surface area contributed by atoms with Crippen LogP contribution in [-0.4, -0.2) is 29.5 Å². The normalized spacial score (nSPS) is 22.3. The molecular weight excluding hydrogens is 244 g/mol. The molecule has 1 fully saturated rings. The molecule has 0 spiro atoms. The summed E-state index contributed by atoms with van der Waals surface area (Å²) in [6.07, 6.45) is 2.96. The van der Waals surface area contributed by atoms with E-state index in [1.807, 2.05) is 6.92 Å². The Labute approximate surface area is 112 Å². The Balaban J connectivity index is 2.08. The molecule has 0 aromatic carbocycles. The van der Waals surface area contributed by atoms with E-state index in [4.69, 9.17) is 10.5 Å². The standard InChI is InChI=1S/C13H20N4O2/c1-8-6-11(19-2)16-13(15-8)17-12(18)10-5-3-4-9(10)7-14/h6,9-10H,3-5,7,14H2,1-2H3,(H,15,16,17,18). The Bertz CT molecular complexity index is 464. The van der Waals surface area contributed by atoms with Crippen LogP contribution in [0.5, 0.6) is 5.88 Å². The quantitative estimate of drug-likeness (QED) is 0.850. The third kappa shape index (κ3) is 3.20. The highest BCUT2D eigenvalue weighted by molar-refractivity contribution is 5.91. The average molecular weight is 264 g/mol. The lowest BCUT2D eigenvalue weighted by Crippen LogP contribution is -2.30. The highest BCUT2D eigenvalue weighted by Gasteiger charge is 2.32. The molecule has 1 heterocycles. The van der Waals surface area contributed by atoms with E-state index in [0.29, 0.717) is 18.4 Å². The molecule has 1 amide bonds. The van der Waals surface area contributed by atoms with E-state index >= 15 is 0 Å². The number of nitrogens with zero attached hydrogens (tertiary/aromatic N) is 2. The van der Waals surface area contributed by atoms with Crippen molar-refractivity contribution in [2.75, 3.05) is 19.0 Å². The van der Waals surface area contributed by atoms with Gasteiger partial charge in [0, 0.05) is 17.7 Å². The van der Waals surface area contributed by atoms with Gasteiger partial charge in [-0.05, 0) is 32.2 Å². The Morgan fingerprint density at radius 3 is 3.00 bits per heavy atom. The second-order valence-corrected chi connectivity index (χ2v) is 4.90. The molecule has 6 nitrogen and oxygen atoms in total. The monoisotopic (exact) mass is 264 g/mol. The summed E-state index contributed by atoms with van der Waals surface area (Å²) in [7, 11) is 1.54. The SMILES string of the molecule is COc1cc(C)nc(NC(=O)C2CCCC2CN)n1. The van der Waals surface area contributed by atoms with E-state index in [1.165, 1.54) is 7.11 Å². The first-order valence-corrected chi connectivity index (χ1v) is 6.54. The Morgan fingerprint density at radius 1 is 1.53 bits per heavy atom. The van der Waals surface area contributed by atoms with Gasteiger partial charge in [-0.25, -0.2) is 4.98 Å². The number of aryl methyl sites for hydroxylation is 1. The van der Waals surface area contributed by atoms with Gasteiger partial charge >= 0.3 is 0 Å². The number of nitrogens with two attached hydrogens (primary N) is 1. The van der Waals surface area contributed by atoms with Crippen molar-refractivity contribution in [2.24, 2.45) is 17.6 Å². The summed E-state index contributed by atoms with van der Waals surface area (Å²) in [6.45, 7) is 2.38. The molecule has 6 heteroatoms. The Morgan fingerprint density at radius 2 is 2.32 bits per heavy atom. The highest BCUT2D eigenvalue weighted by atomic mass is 16.5. The van der Waals surface area contributed by atoms with Crippen molar-refractivity contribution >= 4 is 11.9 Å². The van der Waals surface area contributed by atoms with E-state index in [2.05, 4.69) is 15.3 Å². The van der Waals surface area contributed by atoms with Crippen LogP contribution in [-0.2, 0) is 4.79 Å². The minimum absolute atomic E-state index is 0.0277. The van der Waals surface area contributed by atoms with Crippen LogP contribution in [0.4, 0.5) is 5.95 Å². The van der Waals surface area contributed by atoms with E-state index in [9.17, 15) is 4.79 Å². The largest absolute Gasteiger partial charge is 0.481 e. The fourth-order valence-electron chi connectivity index (χ4n) is 2.57. The second-order valence-electron chi connectivity index (χ2n) is 4.90. The van der Waals surface area contributed by atoms with Crippen LogP contribution in [0.15, 0.2) is 6.07 Å². The van der Waals surface area contributed by atoms with Gasteiger partial charge in [-0.15, -0.1) is 0 Å². The second kappa shape index (κ2) is 5.97. The number of hydrogen-bond donors (Lipinski definition) is 2. The van der Waals surface area contributed by atoms with Crippen molar-refractivity contribution in [1.82, 2.24) is 9.97 Å². The first kappa shape index (κ1) is 13.7. The van der Waals surface area contributed by atoms with Gasteiger partial charge in [-0.1, -0.05) is 6.42 Å². The van der Waals surface area contributed by atoms with Gasteiger partial charge in [-0.3, -0.25) is 10.1 Å². The number of aromatic nitrogens is 2. The molecule has 0 aliphatic heterocycles. The summed E-state index contributed by atoms with van der Waals surface area (Å²) in [5.74, 6) is 0.946. The number of methoxy groups -OCH3 is 1. The molecule has 1 aliphatic carbocycles. The molecule has 104 valence electrons. The van der Waals surface area contributed by atoms with E-state index in [-0.39, 0.29) is 17.7 Å². The molecule has 1 aliphatic rings. The summed E-state index contributed by atoms with van der Waals surface area (Å²) in [4.78, 5) is 20.5. The summed E-state index contributed by atoms with van der Waals surface area (Å²) in [5.41, 5.74) is 6.45. The molecular formula is C13H20N4O2. The molecule has 2 atom stereocenters. The van der Waals surface area contributed by atoms with Crippen LogP contribution >= 0.6 is 0 Å². The first-order valence-electron chi connectivity index (χ1n) is 6.54. The van der Waals surface area contributed by atoms with Gasteiger partial charge in [0.25, 0.3) is 0 Å². The minimum Gasteiger partial charge on any atom is -0.481 e. The molecule has 1 aromatic heterocycles. The minimum atomic E-state index is -0.0411. The maximum atomic E-state index is 12.2.